The molecule has 4 heterocycles. The lowest BCUT2D eigenvalue weighted by atomic mass is 9.94. The standard InChI is InChI=1S/C30H28Cl2F2N4O5S/c1-30(33,34)23-10-22(44-26-19(31)5-4-18(25(26)32)17-11-35-12-17)24(27(39)36-23)28(40)37-13-15-8-20(21(42-2)9-16(15)14-37)38-6-3-7-43-29(38)41/h4-5,8-10,17,35H,3,6-7,11-14H2,1-2H3,(H,36,39). The van der Waals surface area contributed by atoms with Crippen molar-refractivity contribution in [3.63, 3.8) is 0 Å². The number of fused-ring (bicyclic) bond motifs is 1. The number of benzene rings is 2. The summed E-state index contributed by atoms with van der Waals surface area (Å²) in [4.78, 5) is 45.3. The van der Waals surface area contributed by atoms with Crippen molar-refractivity contribution in [3.05, 3.63) is 78.7 Å². The van der Waals surface area contributed by atoms with Crippen LogP contribution < -0.4 is 20.5 Å². The average Bonchev–Trinajstić information content (AvgIpc) is 3.37. The maximum atomic E-state index is 14.5. The molecule has 0 aliphatic carbocycles. The maximum absolute atomic E-state index is 14.5. The highest BCUT2D eigenvalue weighted by molar-refractivity contribution is 7.99. The molecular formula is C30H28Cl2F2N4O5S. The molecule has 2 fully saturated rings. The molecule has 0 atom stereocenters. The minimum atomic E-state index is -3.38. The minimum Gasteiger partial charge on any atom is -0.495 e. The lowest BCUT2D eigenvalue weighted by Crippen LogP contribution is -2.40. The molecule has 2 aromatic carbocycles. The van der Waals surface area contributed by atoms with E-state index in [9.17, 15) is 23.2 Å². The van der Waals surface area contributed by atoms with Crippen LogP contribution in [-0.2, 0) is 23.7 Å². The van der Waals surface area contributed by atoms with Gasteiger partial charge in [0.1, 0.15) is 11.3 Å². The Bertz CT molecular complexity index is 1730. The van der Waals surface area contributed by atoms with Crippen molar-refractivity contribution >= 4 is 52.7 Å². The van der Waals surface area contributed by atoms with E-state index in [0.29, 0.717) is 47.9 Å². The summed E-state index contributed by atoms with van der Waals surface area (Å²) < 4.78 is 39.7. The van der Waals surface area contributed by atoms with E-state index in [2.05, 4.69) is 10.3 Å². The SMILES string of the molecule is COc1cc2c(cc1N1CCCOC1=O)CN(C(=O)c1c(Sc3c(Cl)ccc(C4CNC4)c3Cl)cc(C(C)(F)F)[nH]c1=O)C2. The number of amides is 2. The fourth-order valence-corrected chi connectivity index (χ4v) is 7.30. The zero-order valence-electron chi connectivity index (χ0n) is 23.8. The molecule has 9 nitrogen and oxygen atoms in total. The Labute approximate surface area is 265 Å². The topological polar surface area (TPSA) is 104 Å². The Morgan fingerprint density at radius 2 is 1.86 bits per heavy atom. The van der Waals surface area contributed by atoms with E-state index >= 15 is 0 Å². The number of H-pyrrole nitrogens is 1. The Morgan fingerprint density at radius 3 is 2.50 bits per heavy atom. The van der Waals surface area contributed by atoms with E-state index in [0.717, 1.165) is 47.6 Å². The lowest BCUT2D eigenvalue weighted by Gasteiger charge is -2.29. The van der Waals surface area contributed by atoms with Gasteiger partial charge in [-0.05, 0) is 47.4 Å². The summed E-state index contributed by atoms with van der Waals surface area (Å²) in [5, 5.41) is 3.80. The number of nitrogens with zero attached hydrogens (tertiary/aromatic N) is 2. The number of pyridine rings is 1. The lowest BCUT2D eigenvalue weighted by molar-refractivity contribution is 0.0121. The number of cyclic esters (lactones) is 1. The fraction of sp³-hybridized carbons (Fsp3) is 0.367. The molecule has 0 unspecified atom stereocenters. The van der Waals surface area contributed by atoms with Crippen molar-refractivity contribution in [2.45, 2.75) is 48.1 Å². The van der Waals surface area contributed by atoms with Gasteiger partial charge in [0.25, 0.3) is 17.4 Å². The van der Waals surface area contributed by atoms with Crippen molar-refractivity contribution in [2.24, 2.45) is 0 Å². The van der Waals surface area contributed by atoms with Crippen LogP contribution in [0.1, 0.15) is 52.0 Å². The number of aromatic amines is 1. The molecule has 3 aliphatic heterocycles. The number of nitrogens with one attached hydrogen (secondary N) is 2. The summed E-state index contributed by atoms with van der Waals surface area (Å²) in [7, 11) is 1.49. The summed E-state index contributed by atoms with van der Waals surface area (Å²) in [6.45, 7) is 3.16. The summed E-state index contributed by atoms with van der Waals surface area (Å²) in [6, 6.07) is 8.13. The van der Waals surface area contributed by atoms with E-state index < -0.39 is 29.2 Å². The summed E-state index contributed by atoms with van der Waals surface area (Å²) in [5.74, 6) is -3.44. The monoisotopic (exact) mass is 664 g/mol. The van der Waals surface area contributed by atoms with E-state index in [-0.39, 0.29) is 34.5 Å². The molecule has 0 saturated carbocycles. The number of methoxy groups -OCH3 is 1. The highest BCUT2D eigenvalue weighted by atomic mass is 35.5. The highest BCUT2D eigenvalue weighted by Gasteiger charge is 2.35. The molecule has 1 aromatic heterocycles. The zero-order valence-corrected chi connectivity index (χ0v) is 26.1. The van der Waals surface area contributed by atoms with Crippen LogP contribution in [0.15, 0.2) is 44.9 Å². The number of aromatic nitrogens is 1. The van der Waals surface area contributed by atoms with Crippen LogP contribution in [0.2, 0.25) is 10.0 Å². The first-order valence-electron chi connectivity index (χ1n) is 13.9. The summed E-state index contributed by atoms with van der Waals surface area (Å²) in [5.41, 5.74) is 0.981. The predicted octanol–water partition coefficient (Wildman–Crippen LogP) is 6.14. The smallest absolute Gasteiger partial charge is 0.414 e. The van der Waals surface area contributed by atoms with Gasteiger partial charge in [0, 0.05) is 55.4 Å². The molecule has 0 radical (unpaired) electrons. The second-order valence-corrected chi connectivity index (χ2v) is 12.8. The Balaban J connectivity index is 1.37. The third-order valence-corrected chi connectivity index (χ3v) is 10.1. The number of hydrogen-bond donors (Lipinski definition) is 2. The second-order valence-electron chi connectivity index (χ2n) is 11.0. The van der Waals surface area contributed by atoms with Crippen molar-refractivity contribution < 1.29 is 27.8 Å². The maximum Gasteiger partial charge on any atom is 0.414 e. The van der Waals surface area contributed by atoms with Crippen molar-refractivity contribution in [1.82, 2.24) is 15.2 Å². The highest BCUT2D eigenvalue weighted by Crippen LogP contribution is 2.45. The van der Waals surface area contributed by atoms with E-state index in [1.54, 1.807) is 18.2 Å². The number of alkyl halides is 2. The van der Waals surface area contributed by atoms with Crippen LogP contribution in [-0.4, -0.2) is 55.2 Å². The molecule has 14 heteroatoms. The third kappa shape index (κ3) is 5.64. The van der Waals surface area contributed by atoms with Gasteiger partial charge in [0.05, 0.1) is 35.1 Å². The van der Waals surface area contributed by atoms with Crippen LogP contribution in [0.25, 0.3) is 0 Å². The molecule has 232 valence electrons. The van der Waals surface area contributed by atoms with Gasteiger partial charge in [-0.25, -0.2) is 13.6 Å². The Kier molecular flexibility index (Phi) is 8.29. The number of anilines is 1. The van der Waals surface area contributed by atoms with Gasteiger partial charge >= 0.3 is 6.09 Å². The fourth-order valence-electron chi connectivity index (χ4n) is 5.49. The molecule has 0 spiro atoms. The first kappa shape index (κ1) is 30.7. The van der Waals surface area contributed by atoms with Crippen LogP contribution >= 0.6 is 35.0 Å². The van der Waals surface area contributed by atoms with Gasteiger partial charge in [0.15, 0.2) is 0 Å². The largest absolute Gasteiger partial charge is 0.495 e. The van der Waals surface area contributed by atoms with Crippen molar-refractivity contribution in [3.8, 4) is 5.75 Å². The summed E-state index contributed by atoms with van der Waals surface area (Å²) in [6.07, 6.45) is 0.164. The van der Waals surface area contributed by atoms with Crippen LogP contribution in [0, 0.1) is 0 Å². The molecule has 3 aliphatic rings. The van der Waals surface area contributed by atoms with E-state index in [1.807, 2.05) is 6.07 Å². The first-order chi connectivity index (χ1) is 21.0. The predicted molar refractivity (Wildman–Crippen MR) is 163 cm³/mol. The molecule has 3 aromatic rings. The third-order valence-electron chi connectivity index (χ3n) is 7.97. The number of rotatable bonds is 7. The quantitative estimate of drug-likeness (QED) is 0.313. The minimum absolute atomic E-state index is 0.00764. The second kappa shape index (κ2) is 11.9. The van der Waals surface area contributed by atoms with Gasteiger partial charge in [-0.1, -0.05) is 41.0 Å². The number of halogens is 4. The van der Waals surface area contributed by atoms with Gasteiger partial charge in [-0.2, -0.15) is 0 Å². The van der Waals surface area contributed by atoms with Crippen LogP contribution in [0.4, 0.5) is 19.3 Å². The van der Waals surface area contributed by atoms with E-state index in [1.165, 1.54) is 16.9 Å². The van der Waals surface area contributed by atoms with Crippen LogP contribution in [0.5, 0.6) is 5.75 Å². The molecule has 44 heavy (non-hydrogen) atoms. The molecule has 0 bridgehead atoms. The first-order valence-corrected chi connectivity index (χ1v) is 15.5. The number of ether oxygens (including phenoxy) is 2. The zero-order chi connectivity index (χ0) is 31.3. The Morgan fingerprint density at radius 1 is 1.14 bits per heavy atom. The van der Waals surface area contributed by atoms with Gasteiger partial charge in [-0.15, -0.1) is 0 Å². The normalized spacial score (nSPS) is 16.9. The number of carbonyl (C=O) groups is 2. The van der Waals surface area contributed by atoms with Gasteiger partial charge in [-0.3, -0.25) is 14.5 Å². The molecule has 2 amide bonds. The van der Waals surface area contributed by atoms with Crippen molar-refractivity contribution in [1.29, 1.82) is 0 Å². The molecular weight excluding hydrogens is 637 g/mol. The van der Waals surface area contributed by atoms with Gasteiger partial charge in [0.2, 0.25) is 0 Å². The van der Waals surface area contributed by atoms with Gasteiger partial charge < -0.3 is 24.7 Å². The summed E-state index contributed by atoms with van der Waals surface area (Å²) >= 11 is 14.2. The van der Waals surface area contributed by atoms with E-state index in [4.69, 9.17) is 32.7 Å². The molecule has 2 saturated heterocycles. The molecule has 6 rings (SSSR count). The number of carbonyl (C=O) groups excluding carboxylic acids is 2. The van der Waals surface area contributed by atoms with Crippen molar-refractivity contribution in [2.75, 3.05) is 38.3 Å². The van der Waals surface area contributed by atoms with Crippen LogP contribution in [0.3, 0.4) is 0 Å². The average molecular weight is 666 g/mol. The molecule has 2 N–H and O–H groups in total. The number of hydrogen-bond acceptors (Lipinski definition) is 7. The Hall–Kier alpha value is -3.32.